The Hall–Kier alpha value is 0.01000. The molecule has 0 aliphatic heterocycles. The molecule has 0 unspecified atom stereocenters. The Kier molecular flexibility index (Phi) is 4.29. The average Bonchev–Trinajstić information content (AvgIpc) is 2.08. The summed E-state index contributed by atoms with van der Waals surface area (Å²) >= 11 is 5.37. The molecule has 0 heterocycles. The quantitative estimate of drug-likeness (QED) is 0.840. The lowest BCUT2D eigenvalue weighted by molar-refractivity contribution is 0.815. The molecular weight excluding hydrogens is 246 g/mol. The van der Waals surface area contributed by atoms with Gasteiger partial charge in [-0.05, 0) is 46.3 Å². The lowest BCUT2D eigenvalue weighted by Gasteiger charge is -2.08. The van der Waals surface area contributed by atoms with E-state index in [9.17, 15) is 0 Å². The molecule has 0 spiro atoms. The lowest BCUT2D eigenvalue weighted by atomic mass is 10.1. The summed E-state index contributed by atoms with van der Waals surface area (Å²) in [5.74, 6) is 1.09. The van der Waals surface area contributed by atoms with Crippen molar-refractivity contribution in [1.82, 2.24) is 0 Å². The maximum absolute atomic E-state index is 5.78. The van der Waals surface area contributed by atoms with Gasteiger partial charge >= 0.3 is 0 Å². The van der Waals surface area contributed by atoms with Crippen LogP contribution in [0, 0.1) is 0 Å². The first kappa shape index (κ1) is 11.1. The van der Waals surface area contributed by atoms with Crippen LogP contribution in [0.5, 0.6) is 0 Å². The molecule has 0 fully saturated rings. The Morgan fingerprint density at radius 2 is 2.23 bits per heavy atom. The highest BCUT2D eigenvalue weighted by atomic mass is 79.9. The van der Waals surface area contributed by atoms with Crippen molar-refractivity contribution in [3.05, 3.63) is 28.2 Å². The largest absolute Gasteiger partial charge is 0.324 e. The van der Waals surface area contributed by atoms with Crippen molar-refractivity contribution in [3.63, 3.8) is 0 Å². The second kappa shape index (κ2) is 5.03. The van der Waals surface area contributed by atoms with Crippen LogP contribution >= 0.6 is 27.7 Å². The van der Waals surface area contributed by atoms with Crippen LogP contribution in [0.2, 0.25) is 0 Å². The van der Waals surface area contributed by atoms with Crippen molar-refractivity contribution in [3.8, 4) is 0 Å². The second-order valence-corrected chi connectivity index (χ2v) is 5.07. The van der Waals surface area contributed by atoms with Gasteiger partial charge in [-0.2, -0.15) is 0 Å². The monoisotopic (exact) mass is 259 g/mol. The minimum Gasteiger partial charge on any atom is -0.324 e. The van der Waals surface area contributed by atoms with Gasteiger partial charge in [0.2, 0.25) is 0 Å². The van der Waals surface area contributed by atoms with Crippen molar-refractivity contribution in [2.24, 2.45) is 5.73 Å². The van der Waals surface area contributed by atoms with Crippen LogP contribution < -0.4 is 5.73 Å². The van der Waals surface area contributed by atoms with E-state index in [1.54, 1.807) is 0 Å². The first-order valence-electron chi connectivity index (χ1n) is 4.33. The number of hydrogen-bond donors (Lipinski definition) is 1. The van der Waals surface area contributed by atoms with E-state index in [0.29, 0.717) is 0 Å². The molecule has 0 aliphatic rings. The van der Waals surface area contributed by atoms with Gasteiger partial charge in [0, 0.05) is 15.4 Å². The van der Waals surface area contributed by atoms with E-state index in [0.717, 1.165) is 10.2 Å². The molecule has 13 heavy (non-hydrogen) atoms. The molecule has 1 atom stereocenters. The molecule has 0 aromatic heterocycles. The SMILES string of the molecule is CCSc1ccc([C@@H](C)N)cc1Br. The van der Waals surface area contributed by atoms with Gasteiger partial charge in [0.15, 0.2) is 0 Å². The highest BCUT2D eigenvalue weighted by Crippen LogP contribution is 2.29. The Bertz CT molecular complexity index is 286. The molecule has 0 bridgehead atoms. The number of hydrogen-bond acceptors (Lipinski definition) is 2. The molecule has 0 amide bonds. The fourth-order valence-electron chi connectivity index (χ4n) is 1.07. The third kappa shape index (κ3) is 3.01. The van der Waals surface area contributed by atoms with Crippen LogP contribution in [0.4, 0.5) is 0 Å². The van der Waals surface area contributed by atoms with Crippen LogP contribution in [-0.2, 0) is 0 Å². The van der Waals surface area contributed by atoms with E-state index in [1.165, 1.54) is 10.5 Å². The molecule has 2 N–H and O–H groups in total. The van der Waals surface area contributed by atoms with E-state index in [1.807, 2.05) is 18.7 Å². The van der Waals surface area contributed by atoms with Crippen molar-refractivity contribution in [1.29, 1.82) is 0 Å². The standard InChI is InChI=1S/C10H14BrNS/c1-3-13-10-5-4-8(7(2)12)6-9(10)11/h4-7H,3,12H2,1-2H3/t7-/m1/s1. The lowest BCUT2D eigenvalue weighted by Crippen LogP contribution is -2.04. The van der Waals surface area contributed by atoms with Gasteiger partial charge < -0.3 is 5.73 Å². The van der Waals surface area contributed by atoms with Gasteiger partial charge in [0.05, 0.1) is 0 Å². The number of nitrogens with two attached hydrogens (primary N) is 1. The molecule has 72 valence electrons. The Morgan fingerprint density at radius 3 is 2.69 bits per heavy atom. The zero-order valence-corrected chi connectivity index (χ0v) is 10.3. The zero-order valence-electron chi connectivity index (χ0n) is 7.88. The predicted octanol–water partition coefficient (Wildman–Crippen LogP) is 3.58. The fourth-order valence-corrected chi connectivity index (χ4v) is 2.48. The van der Waals surface area contributed by atoms with E-state index in [-0.39, 0.29) is 6.04 Å². The summed E-state index contributed by atoms with van der Waals surface area (Å²) in [5, 5.41) is 0. The smallest absolute Gasteiger partial charge is 0.0314 e. The van der Waals surface area contributed by atoms with Gasteiger partial charge in [-0.3, -0.25) is 0 Å². The highest BCUT2D eigenvalue weighted by molar-refractivity contribution is 9.10. The third-order valence-electron chi connectivity index (χ3n) is 1.78. The molecule has 0 aliphatic carbocycles. The van der Waals surface area contributed by atoms with Crippen LogP contribution in [0.3, 0.4) is 0 Å². The number of halogens is 1. The molecule has 0 radical (unpaired) electrons. The first-order chi connectivity index (χ1) is 6.15. The topological polar surface area (TPSA) is 26.0 Å². The van der Waals surface area contributed by atoms with Crippen LogP contribution in [-0.4, -0.2) is 5.75 Å². The summed E-state index contributed by atoms with van der Waals surface area (Å²) in [6.45, 7) is 4.14. The molecule has 1 aromatic carbocycles. The Labute approximate surface area is 92.2 Å². The van der Waals surface area contributed by atoms with E-state index < -0.39 is 0 Å². The van der Waals surface area contributed by atoms with E-state index in [2.05, 4.69) is 41.1 Å². The van der Waals surface area contributed by atoms with Crippen LogP contribution in [0.25, 0.3) is 0 Å². The van der Waals surface area contributed by atoms with Gasteiger partial charge in [0.25, 0.3) is 0 Å². The summed E-state index contributed by atoms with van der Waals surface area (Å²) in [5.41, 5.74) is 6.95. The number of thioether (sulfide) groups is 1. The van der Waals surface area contributed by atoms with Gasteiger partial charge in [-0.1, -0.05) is 13.0 Å². The summed E-state index contributed by atoms with van der Waals surface area (Å²) in [7, 11) is 0. The molecule has 1 aromatic rings. The van der Waals surface area contributed by atoms with Crippen molar-refractivity contribution in [2.45, 2.75) is 24.8 Å². The first-order valence-corrected chi connectivity index (χ1v) is 6.10. The van der Waals surface area contributed by atoms with Gasteiger partial charge in [-0.25, -0.2) is 0 Å². The molecular formula is C10H14BrNS. The van der Waals surface area contributed by atoms with Crippen LogP contribution in [0.15, 0.2) is 27.6 Å². The van der Waals surface area contributed by atoms with E-state index in [4.69, 9.17) is 5.73 Å². The minimum atomic E-state index is 0.108. The molecule has 0 saturated carbocycles. The number of benzene rings is 1. The molecule has 0 saturated heterocycles. The van der Waals surface area contributed by atoms with Gasteiger partial charge in [-0.15, -0.1) is 11.8 Å². The zero-order chi connectivity index (χ0) is 9.84. The normalized spacial score (nSPS) is 12.9. The minimum absolute atomic E-state index is 0.108. The molecule has 1 rings (SSSR count). The molecule has 3 heteroatoms. The van der Waals surface area contributed by atoms with Crippen molar-refractivity contribution < 1.29 is 0 Å². The van der Waals surface area contributed by atoms with E-state index >= 15 is 0 Å². The summed E-state index contributed by atoms with van der Waals surface area (Å²) in [6.07, 6.45) is 0. The maximum atomic E-state index is 5.78. The summed E-state index contributed by atoms with van der Waals surface area (Å²) < 4.78 is 1.15. The summed E-state index contributed by atoms with van der Waals surface area (Å²) in [4.78, 5) is 1.28. The Balaban J connectivity index is 2.92. The summed E-state index contributed by atoms with van der Waals surface area (Å²) in [6, 6.07) is 6.42. The Morgan fingerprint density at radius 1 is 1.54 bits per heavy atom. The average molecular weight is 260 g/mol. The van der Waals surface area contributed by atoms with Crippen molar-refractivity contribution in [2.75, 3.05) is 5.75 Å². The van der Waals surface area contributed by atoms with Crippen LogP contribution in [0.1, 0.15) is 25.5 Å². The number of rotatable bonds is 3. The van der Waals surface area contributed by atoms with Crippen molar-refractivity contribution >= 4 is 27.7 Å². The maximum Gasteiger partial charge on any atom is 0.0314 e. The third-order valence-corrected chi connectivity index (χ3v) is 3.66. The van der Waals surface area contributed by atoms with Gasteiger partial charge in [0.1, 0.15) is 0 Å². The fraction of sp³-hybridized carbons (Fsp3) is 0.400. The molecule has 1 nitrogen and oxygen atoms in total. The predicted molar refractivity (Wildman–Crippen MR) is 63.1 cm³/mol. The second-order valence-electron chi connectivity index (χ2n) is 2.91. The highest BCUT2D eigenvalue weighted by Gasteiger charge is 2.03.